The van der Waals surface area contributed by atoms with Crippen LogP contribution in [0.3, 0.4) is 0 Å². The summed E-state index contributed by atoms with van der Waals surface area (Å²) in [4.78, 5) is 0. The highest BCUT2D eigenvalue weighted by Gasteiger charge is 2.23. The first-order valence-corrected chi connectivity index (χ1v) is 6.46. The van der Waals surface area contributed by atoms with Gasteiger partial charge in [0.2, 0.25) is 0 Å². The van der Waals surface area contributed by atoms with Crippen LogP contribution in [0.15, 0.2) is 30.4 Å². The molecule has 1 aromatic rings. The van der Waals surface area contributed by atoms with Crippen LogP contribution in [0.5, 0.6) is 5.75 Å². The highest BCUT2D eigenvalue weighted by atomic mass is 16.5. The van der Waals surface area contributed by atoms with Crippen molar-refractivity contribution >= 4 is 0 Å². The maximum atomic E-state index is 5.94. The average Bonchev–Trinajstić information content (AvgIpc) is 2.94. The van der Waals surface area contributed by atoms with Gasteiger partial charge in [0.1, 0.15) is 11.9 Å². The summed E-state index contributed by atoms with van der Waals surface area (Å²) < 4.78 is 5.94. The molecule has 1 N–H and O–H groups in total. The second kappa shape index (κ2) is 4.53. The van der Waals surface area contributed by atoms with E-state index in [0.717, 1.165) is 18.7 Å². The van der Waals surface area contributed by atoms with Crippen molar-refractivity contribution in [2.24, 2.45) is 0 Å². The molecule has 0 aromatic heterocycles. The lowest BCUT2D eigenvalue weighted by molar-refractivity contribution is 0.222. The summed E-state index contributed by atoms with van der Waals surface area (Å²) >= 11 is 0. The molecule has 1 aliphatic carbocycles. The van der Waals surface area contributed by atoms with E-state index in [-0.39, 0.29) is 0 Å². The minimum Gasteiger partial charge on any atom is -0.488 e. The van der Waals surface area contributed by atoms with Gasteiger partial charge in [-0.1, -0.05) is 29.8 Å². The Morgan fingerprint density at radius 3 is 2.94 bits per heavy atom. The average molecular weight is 229 g/mol. The van der Waals surface area contributed by atoms with Crippen molar-refractivity contribution in [2.45, 2.75) is 38.3 Å². The van der Waals surface area contributed by atoms with E-state index in [0.29, 0.717) is 12.1 Å². The third-order valence-corrected chi connectivity index (χ3v) is 3.60. The minimum absolute atomic E-state index is 0.312. The van der Waals surface area contributed by atoms with Crippen molar-refractivity contribution in [2.75, 3.05) is 6.54 Å². The van der Waals surface area contributed by atoms with Crippen molar-refractivity contribution in [3.63, 3.8) is 0 Å². The van der Waals surface area contributed by atoms with Crippen LogP contribution in [0, 0.1) is 6.92 Å². The lowest BCUT2D eigenvalue weighted by Gasteiger charge is -2.16. The second-order valence-electron chi connectivity index (χ2n) is 5.10. The Labute approximate surface area is 103 Å². The minimum atomic E-state index is 0.312. The Kier molecular flexibility index (Phi) is 2.89. The number of benzene rings is 1. The van der Waals surface area contributed by atoms with Crippen LogP contribution >= 0.6 is 0 Å². The third kappa shape index (κ3) is 2.37. The molecule has 0 fully saturated rings. The maximum absolute atomic E-state index is 5.94. The van der Waals surface area contributed by atoms with Crippen LogP contribution < -0.4 is 10.1 Å². The van der Waals surface area contributed by atoms with E-state index in [1.54, 1.807) is 0 Å². The number of aryl methyl sites for hydroxylation is 1. The van der Waals surface area contributed by atoms with Crippen LogP contribution in [0.2, 0.25) is 0 Å². The van der Waals surface area contributed by atoms with Gasteiger partial charge in [0.25, 0.3) is 0 Å². The van der Waals surface area contributed by atoms with E-state index in [4.69, 9.17) is 4.74 Å². The Bertz CT molecular complexity index is 431. The van der Waals surface area contributed by atoms with Crippen molar-refractivity contribution < 1.29 is 4.74 Å². The molecule has 1 aliphatic heterocycles. The molecule has 0 spiro atoms. The van der Waals surface area contributed by atoms with Gasteiger partial charge >= 0.3 is 0 Å². The van der Waals surface area contributed by atoms with Crippen LogP contribution in [0.1, 0.15) is 24.0 Å². The van der Waals surface area contributed by atoms with Crippen LogP contribution in [0.25, 0.3) is 0 Å². The second-order valence-corrected chi connectivity index (χ2v) is 5.10. The molecule has 0 radical (unpaired) electrons. The normalized spacial score (nSPS) is 22.8. The van der Waals surface area contributed by atoms with Gasteiger partial charge in [-0.25, -0.2) is 0 Å². The largest absolute Gasteiger partial charge is 0.488 e. The van der Waals surface area contributed by atoms with Crippen molar-refractivity contribution in [3.05, 3.63) is 41.5 Å². The van der Waals surface area contributed by atoms with Crippen molar-refractivity contribution in [1.82, 2.24) is 5.32 Å². The summed E-state index contributed by atoms with van der Waals surface area (Å²) in [5, 5.41) is 3.59. The smallest absolute Gasteiger partial charge is 0.123 e. The molecular weight excluding hydrogens is 210 g/mol. The third-order valence-electron chi connectivity index (χ3n) is 3.60. The summed E-state index contributed by atoms with van der Waals surface area (Å²) in [7, 11) is 0. The number of hydrogen-bond donors (Lipinski definition) is 1. The molecule has 0 saturated heterocycles. The van der Waals surface area contributed by atoms with E-state index in [1.807, 2.05) is 0 Å². The first-order chi connectivity index (χ1) is 8.31. The summed E-state index contributed by atoms with van der Waals surface area (Å²) in [5.41, 5.74) is 2.68. The monoisotopic (exact) mass is 229 g/mol. The first kappa shape index (κ1) is 10.8. The quantitative estimate of drug-likeness (QED) is 0.804. The van der Waals surface area contributed by atoms with Crippen molar-refractivity contribution in [3.8, 4) is 5.75 Å². The van der Waals surface area contributed by atoms with E-state index in [1.165, 1.54) is 24.0 Å². The lowest BCUT2D eigenvalue weighted by Crippen LogP contribution is -2.36. The van der Waals surface area contributed by atoms with Gasteiger partial charge in [-0.05, 0) is 31.4 Å². The van der Waals surface area contributed by atoms with E-state index >= 15 is 0 Å². The van der Waals surface area contributed by atoms with Gasteiger partial charge in [0, 0.05) is 19.0 Å². The number of nitrogens with one attached hydrogen (secondary N) is 1. The molecule has 1 unspecified atom stereocenters. The molecule has 0 amide bonds. The fraction of sp³-hybridized carbons (Fsp3) is 0.467. The molecule has 1 aromatic carbocycles. The SMILES string of the molecule is Cc1ccc2c(c1)CC(CNC1CC=CC1)O2. The summed E-state index contributed by atoms with van der Waals surface area (Å²) in [5.74, 6) is 1.08. The molecule has 90 valence electrons. The fourth-order valence-corrected chi connectivity index (χ4v) is 2.65. The van der Waals surface area contributed by atoms with Gasteiger partial charge in [0.05, 0.1) is 0 Å². The first-order valence-electron chi connectivity index (χ1n) is 6.46. The van der Waals surface area contributed by atoms with Gasteiger partial charge in [-0.3, -0.25) is 0 Å². The lowest BCUT2D eigenvalue weighted by atomic mass is 10.1. The topological polar surface area (TPSA) is 21.3 Å². The van der Waals surface area contributed by atoms with Crippen LogP contribution in [-0.2, 0) is 6.42 Å². The molecule has 1 atom stereocenters. The zero-order chi connectivity index (χ0) is 11.7. The van der Waals surface area contributed by atoms with Crippen molar-refractivity contribution in [1.29, 1.82) is 0 Å². The Morgan fingerprint density at radius 2 is 2.12 bits per heavy atom. The summed E-state index contributed by atoms with van der Waals surface area (Å²) in [6.45, 7) is 3.09. The van der Waals surface area contributed by atoms with Crippen LogP contribution in [-0.4, -0.2) is 18.7 Å². The Hall–Kier alpha value is -1.28. The predicted octanol–water partition coefficient (Wildman–Crippen LogP) is 2.61. The zero-order valence-corrected chi connectivity index (χ0v) is 10.3. The standard InChI is InChI=1S/C15H19NO/c1-11-6-7-15-12(8-11)9-14(17-15)10-16-13-4-2-3-5-13/h2-3,6-8,13-14,16H,4-5,9-10H2,1H3. The number of rotatable bonds is 3. The fourth-order valence-electron chi connectivity index (χ4n) is 2.65. The molecule has 1 heterocycles. The predicted molar refractivity (Wildman–Crippen MR) is 69.5 cm³/mol. The maximum Gasteiger partial charge on any atom is 0.123 e. The van der Waals surface area contributed by atoms with E-state index in [9.17, 15) is 0 Å². The van der Waals surface area contributed by atoms with E-state index < -0.39 is 0 Å². The summed E-state index contributed by atoms with van der Waals surface area (Å²) in [6.07, 6.45) is 8.20. The van der Waals surface area contributed by atoms with Gasteiger partial charge in [-0.2, -0.15) is 0 Å². The summed E-state index contributed by atoms with van der Waals surface area (Å²) in [6, 6.07) is 7.09. The Morgan fingerprint density at radius 1 is 1.29 bits per heavy atom. The van der Waals surface area contributed by atoms with Crippen LogP contribution in [0.4, 0.5) is 0 Å². The van der Waals surface area contributed by atoms with E-state index in [2.05, 4.69) is 42.6 Å². The Balaban J connectivity index is 1.55. The van der Waals surface area contributed by atoms with Gasteiger partial charge < -0.3 is 10.1 Å². The highest BCUT2D eigenvalue weighted by molar-refractivity contribution is 5.40. The van der Waals surface area contributed by atoms with Gasteiger partial charge in [-0.15, -0.1) is 0 Å². The number of hydrogen-bond acceptors (Lipinski definition) is 2. The zero-order valence-electron chi connectivity index (χ0n) is 10.3. The molecule has 0 bridgehead atoms. The molecule has 2 heteroatoms. The molecule has 17 heavy (non-hydrogen) atoms. The number of fused-ring (bicyclic) bond motifs is 1. The molecule has 0 saturated carbocycles. The van der Waals surface area contributed by atoms with Gasteiger partial charge in [0.15, 0.2) is 0 Å². The molecule has 3 rings (SSSR count). The highest BCUT2D eigenvalue weighted by Crippen LogP contribution is 2.29. The number of ether oxygens (including phenoxy) is 1. The molecule has 2 nitrogen and oxygen atoms in total. The molecule has 2 aliphatic rings. The molecular formula is C15H19NO.